The molecule has 0 heterocycles. The normalized spacial score (nSPS) is 14.0. The van der Waals surface area contributed by atoms with E-state index >= 15 is 0 Å². The molecule has 0 fully saturated rings. The fraction of sp³-hybridized carbons (Fsp3) is 0.500. The minimum atomic E-state index is -0.135. The number of hydrogen-bond donors (Lipinski definition) is 2. The molecule has 1 aromatic rings. The highest BCUT2D eigenvalue weighted by Crippen LogP contribution is 2.21. The lowest BCUT2D eigenvalue weighted by Crippen LogP contribution is -2.36. The summed E-state index contributed by atoms with van der Waals surface area (Å²) in [6, 6.07) is 10.8. The van der Waals surface area contributed by atoms with Crippen molar-refractivity contribution in [3.8, 4) is 0 Å². The van der Waals surface area contributed by atoms with Crippen molar-refractivity contribution in [2.24, 2.45) is 5.73 Å². The van der Waals surface area contributed by atoms with Gasteiger partial charge in [0.2, 0.25) is 0 Å². The van der Waals surface area contributed by atoms with Gasteiger partial charge in [-0.05, 0) is 32.9 Å². The molecule has 2 nitrogen and oxygen atoms in total. The molecule has 14 heavy (non-hydrogen) atoms. The van der Waals surface area contributed by atoms with Gasteiger partial charge in [0.15, 0.2) is 0 Å². The van der Waals surface area contributed by atoms with E-state index in [-0.39, 0.29) is 5.54 Å². The maximum absolute atomic E-state index is 6.01. The van der Waals surface area contributed by atoms with Crippen molar-refractivity contribution in [2.45, 2.75) is 31.8 Å². The van der Waals surface area contributed by atoms with Crippen LogP contribution >= 0.6 is 0 Å². The Balaban J connectivity index is 2.73. The molecule has 0 spiro atoms. The highest BCUT2D eigenvalue weighted by atomic mass is 14.9. The fourth-order valence-corrected chi connectivity index (χ4v) is 1.60. The van der Waals surface area contributed by atoms with Crippen molar-refractivity contribution in [1.29, 1.82) is 0 Å². The van der Waals surface area contributed by atoms with E-state index in [1.165, 1.54) is 5.56 Å². The van der Waals surface area contributed by atoms with Crippen LogP contribution in [-0.4, -0.2) is 12.6 Å². The Bertz CT molecular complexity index is 261. The maximum Gasteiger partial charge on any atom is 0.0334 e. The molecule has 1 rings (SSSR count). The lowest BCUT2D eigenvalue weighted by Gasteiger charge is -2.26. The minimum Gasteiger partial charge on any atom is -0.325 e. The van der Waals surface area contributed by atoms with Crippen LogP contribution in [0.5, 0.6) is 0 Å². The second kappa shape index (κ2) is 4.58. The van der Waals surface area contributed by atoms with E-state index in [0.717, 1.165) is 6.42 Å². The average molecular weight is 192 g/mol. The van der Waals surface area contributed by atoms with E-state index < -0.39 is 0 Å². The van der Waals surface area contributed by atoms with Crippen LogP contribution in [0.2, 0.25) is 0 Å². The lowest BCUT2D eigenvalue weighted by atomic mass is 9.92. The Morgan fingerprint density at radius 3 is 2.29 bits per heavy atom. The van der Waals surface area contributed by atoms with Crippen LogP contribution in [-0.2, 0) is 0 Å². The van der Waals surface area contributed by atoms with Gasteiger partial charge in [0.05, 0.1) is 0 Å². The first kappa shape index (κ1) is 11.2. The van der Waals surface area contributed by atoms with Crippen molar-refractivity contribution in [1.82, 2.24) is 5.32 Å². The molecule has 1 aromatic carbocycles. The van der Waals surface area contributed by atoms with Crippen molar-refractivity contribution in [3.63, 3.8) is 0 Å². The Labute approximate surface area is 86.5 Å². The van der Waals surface area contributed by atoms with Gasteiger partial charge >= 0.3 is 0 Å². The summed E-state index contributed by atoms with van der Waals surface area (Å²) < 4.78 is 0. The number of benzene rings is 1. The summed E-state index contributed by atoms with van der Waals surface area (Å²) in [5, 5.41) is 3.29. The summed E-state index contributed by atoms with van der Waals surface area (Å²) in [6.07, 6.45) is 0.938. The summed E-state index contributed by atoms with van der Waals surface area (Å²) in [5.74, 6) is 0. The molecule has 0 bridgehead atoms. The van der Waals surface area contributed by atoms with Crippen molar-refractivity contribution < 1.29 is 0 Å². The first-order chi connectivity index (χ1) is 6.53. The van der Waals surface area contributed by atoms with E-state index in [1.54, 1.807) is 0 Å². The summed E-state index contributed by atoms with van der Waals surface area (Å²) in [5.41, 5.74) is 7.17. The molecule has 0 saturated carbocycles. The van der Waals surface area contributed by atoms with Crippen LogP contribution in [0.4, 0.5) is 0 Å². The van der Waals surface area contributed by atoms with E-state index in [9.17, 15) is 0 Å². The summed E-state index contributed by atoms with van der Waals surface area (Å²) in [7, 11) is 1.98. The standard InChI is InChI=1S/C12H20N2/c1-12(2,13)9-11(14-3)10-7-5-4-6-8-10/h4-8,11,14H,9,13H2,1-3H3. The summed E-state index contributed by atoms with van der Waals surface area (Å²) in [4.78, 5) is 0. The molecule has 0 aliphatic rings. The van der Waals surface area contributed by atoms with E-state index in [2.05, 4.69) is 43.4 Å². The third-order valence-electron chi connectivity index (χ3n) is 2.28. The Hall–Kier alpha value is -0.860. The fourth-order valence-electron chi connectivity index (χ4n) is 1.60. The van der Waals surface area contributed by atoms with Gasteiger partial charge < -0.3 is 11.1 Å². The minimum absolute atomic E-state index is 0.135. The molecule has 3 N–H and O–H groups in total. The second-order valence-corrected chi connectivity index (χ2v) is 4.44. The smallest absolute Gasteiger partial charge is 0.0334 e. The third kappa shape index (κ3) is 3.48. The molecule has 0 aliphatic carbocycles. The Morgan fingerprint density at radius 2 is 1.86 bits per heavy atom. The van der Waals surface area contributed by atoms with Gasteiger partial charge in [-0.3, -0.25) is 0 Å². The highest BCUT2D eigenvalue weighted by Gasteiger charge is 2.18. The van der Waals surface area contributed by atoms with Crippen LogP contribution in [0.1, 0.15) is 31.9 Å². The van der Waals surface area contributed by atoms with Crippen LogP contribution in [0.25, 0.3) is 0 Å². The summed E-state index contributed by atoms with van der Waals surface area (Å²) >= 11 is 0. The highest BCUT2D eigenvalue weighted by molar-refractivity contribution is 5.19. The molecular weight excluding hydrogens is 172 g/mol. The number of hydrogen-bond acceptors (Lipinski definition) is 2. The molecular formula is C12H20N2. The van der Waals surface area contributed by atoms with Gasteiger partial charge in [-0.2, -0.15) is 0 Å². The van der Waals surface area contributed by atoms with Crippen molar-refractivity contribution in [2.75, 3.05) is 7.05 Å². The molecule has 2 heteroatoms. The van der Waals surface area contributed by atoms with Gasteiger partial charge in [-0.1, -0.05) is 30.3 Å². The third-order valence-corrected chi connectivity index (χ3v) is 2.28. The van der Waals surface area contributed by atoms with Crippen molar-refractivity contribution in [3.05, 3.63) is 35.9 Å². The van der Waals surface area contributed by atoms with Gasteiger partial charge in [-0.15, -0.1) is 0 Å². The predicted octanol–water partition coefficient (Wildman–Crippen LogP) is 2.07. The van der Waals surface area contributed by atoms with E-state index in [4.69, 9.17) is 5.73 Å². The largest absolute Gasteiger partial charge is 0.325 e. The van der Waals surface area contributed by atoms with Gasteiger partial charge in [-0.25, -0.2) is 0 Å². The zero-order chi connectivity index (χ0) is 10.6. The average Bonchev–Trinajstić information content (AvgIpc) is 2.14. The van der Waals surface area contributed by atoms with Gasteiger partial charge in [0.25, 0.3) is 0 Å². The molecule has 0 aromatic heterocycles. The SMILES string of the molecule is CNC(CC(C)(C)N)c1ccccc1. The van der Waals surface area contributed by atoms with Crippen LogP contribution < -0.4 is 11.1 Å². The Morgan fingerprint density at radius 1 is 1.29 bits per heavy atom. The number of rotatable bonds is 4. The second-order valence-electron chi connectivity index (χ2n) is 4.44. The zero-order valence-corrected chi connectivity index (χ0v) is 9.25. The zero-order valence-electron chi connectivity index (χ0n) is 9.25. The molecule has 0 amide bonds. The van der Waals surface area contributed by atoms with E-state index in [0.29, 0.717) is 6.04 Å². The first-order valence-electron chi connectivity index (χ1n) is 5.04. The summed E-state index contributed by atoms with van der Waals surface area (Å²) in [6.45, 7) is 4.11. The molecule has 78 valence electrons. The topological polar surface area (TPSA) is 38.0 Å². The predicted molar refractivity (Wildman–Crippen MR) is 61.1 cm³/mol. The molecule has 1 atom stereocenters. The van der Waals surface area contributed by atoms with Crippen LogP contribution in [0, 0.1) is 0 Å². The van der Waals surface area contributed by atoms with Crippen LogP contribution in [0.3, 0.4) is 0 Å². The number of nitrogens with one attached hydrogen (secondary N) is 1. The molecule has 1 unspecified atom stereocenters. The van der Waals surface area contributed by atoms with Crippen LogP contribution in [0.15, 0.2) is 30.3 Å². The lowest BCUT2D eigenvalue weighted by molar-refractivity contribution is 0.396. The number of nitrogens with two attached hydrogens (primary N) is 1. The van der Waals surface area contributed by atoms with Crippen molar-refractivity contribution >= 4 is 0 Å². The monoisotopic (exact) mass is 192 g/mol. The molecule has 0 saturated heterocycles. The molecule has 0 aliphatic heterocycles. The molecule has 0 radical (unpaired) electrons. The Kier molecular flexibility index (Phi) is 3.67. The first-order valence-corrected chi connectivity index (χ1v) is 5.04. The quantitative estimate of drug-likeness (QED) is 0.766. The maximum atomic E-state index is 6.01. The van der Waals surface area contributed by atoms with Gasteiger partial charge in [0, 0.05) is 11.6 Å². The van der Waals surface area contributed by atoms with Gasteiger partial charge in [0.1, 0.15) is 0 Å². The van der Waals surface area contributed by atoms with E-state index in [1.807, 2.05) is 13.1 Å².